The number of fused-ring (bicyclic) bond motifs is 4. The maximum Gasteiger partial charge on any atom is 0.231 e. The van der Waals surface area contributed by atoms with Gasteiger partial charge in [-0.05, 0) is 13.0 Å². The topological polar surface area (TPSA) is 48.0 Å². The van der Waals surface area contributed by atoms with E-state index < -0.39 is 0 Å². The maximum atomic E-state index is 12.3. The molecule has 1 aromatic carbocycles. The van der Waals surface area contributed by atoms with E-state index in [2.05, 4.69) is 0 Å². The first-order valence-corrected chi connectivity index (χ1v) is 5.86. The van der Waals surface area contributed by atoms with Gasteiger partial charge in [0.15, 0.2) is 17.3 Å². The van der Waals surface area contributed by atoms with E-state index >= 15 is 0 Å². The third kappa shape index (κ3) is 1.17. The number of benzene rings is 1. The van der Waals surface area contributed by atoms with Gasteiger partial charge in [-0.1, -0.05) is 12.2 Å². The second kappa shape index (κ2) is 3.26. The van der Waals surface area contributed by atoms with Crippen LogP contribution in [0.5, 0.6) is 11.5 Å². The molecule has 3 aliphatic heterocycles. The molecule has 0 bridgehead atoms. The van der Waals surface area contributed by atoms with Crippen molar-refractivity contribution in [3.8, 4) is 11.5 Å². The van der Waals surface area contributed by atoms with Crippen molar-refractivity contribution in [1.82, 2.24) is 0 Å². The summed E-state index contributed by atoms with van der Waals surface area (Å²) in [5, 5.41) is 1.66. The van der Waals surface area contributed by atoms with Gasteiger partial charge in [0.05, 0.1) is 5.69 Å². The molecule has 18 heavy (non-hydrogen) atoms. The Hall–Kier alpha value is -2.01. The van der Waals surface area contributed by atoms with Crippen molar-refractivity contribution in [2.75, 3.05) is 11.9 Å². The lowest BCUT2D eigenvalue weighted by Crippen LogP contribution is -2.39. The number of anilines is 1. The molecular formula is C13H11NO4. The molecule has 4 rings (SSSR count). The third-order valence-electron chi connectivity index (χ3n) is 3.36. The highest BCUT2D eigenvalue weighted by Crippen LogP contribution is 2.44. The number of ether oxygens (including phenoxy) is 2. The van der Waals surface area contributed by atoms with Crippen LogP contribution in [-0.2, 0) is 4.84 Å². The summed E-state index contributed by atoms with van der Waals surface area (Å²) < 4.78 is 10.6. The standard InChI is InChI=1S/C13H11NO4/c1-7-2-3-9-13(15)8-4-11-12(17-6-16-11)5-10(8)14(9)18-7/h2-5,7,9H,6H2,1H3. The molecule has 0 aromatic heterocycles. The smallest absolute Gasteiger partial charge is 0.231 e. The van der Waals surface area contributed by atoms with Crippen molar-refractivity contribution in [2.24, 2.45) is 0 Å². The number of Topliss-reactive ketones (excluding diaryl/α,β-unsaturated/α-hetero) is 1. The van der Waals surface area contributed by atoms with Gasteiger partial charge in [0.25, 0.3) is 0 Å². The van der Waals surface area contributed by atoms with E-state index in [1.165, 1.54) is 0 Å². The van der Waals surface area contributed by atoms with E-state index in [4.69, 9.17) is 14.3 Å². The highest BCUT2D eigenvalue weighted by atomic mass is 16.7. The van der Waals surface area contributed by atoms with E-state index in [0.717, 1.165) is 5.69 Å². The minimum absolute atomic E-state index is 0.0338. The summed E-state index contributed by atoms with van der Waals surface area (Å²) in [6, 6.07) is 3.18. The molecule has 0 saturated heterocycles. The van der Waals surface area contributed by atoms with Crippen LogP contribution < -0.4 is 14.5 Å². The molecule has 5 nitrogen and oxygen atoms in total. The molecule has 5 heteroatoms. The lowest BCUT2D eigenvalue weighted by atomic mass is 10.1. The fraction of sp³-hybridized carbons (Fsp3) is 0.308. The highest BCUT2D eigenvalue weighted by molar-refractivity contribution is 6.12. The molecule has 0 aliphatic carbocycles. The summed E-state index contributed by atoms with van der Waals surface area (Å²) in [7, 11) is 0. The molecule has 92 valence electrons. The summed E-state index contributed by atoms with van der Waals surface area (Å²) in [5.41, 5.74) is 1.38. The highest BCUT2D eigenvalue weighted by Gasteiger charge is 2.40. The molecule has 2 atom stereocenters. The number of hydrogen-bond donors (Lipinski definition) is 0. The predicted octanol–water partition coefficient (Wildman–Crippen LogP) is 1.68. The van der Waals surface area contributed by atoms with Crippen molar-refractivity contribution in [1.29, 1.82) is 0 Å². The van der Waals surface area contributed by atoms with E-state index in [1.54, 1.807) is 17.2 Å². The summed E-state index contributed by atoms with van der Waals surface area (Å²) in [6.07, 6.45) is 3.74. The Balaban J connectivity index is 1.87. The number of carbonyl (C=O) groups excluding carboxylic acids is 1. The summed E-state index contributed by atoms with van der Waals surface area (Å²) in [4.78, 5) is 18.0. The maximum absolute atomic E-state index is 12.3. The van der Waals surface area contributed by atoms with Crippen LogP contribution in [0.2, 0.25) is 0 Å². The van der Waals surface area contributed by atoms with Gasteiger partial charge in [0, 0.05) is 11.6 Å². The average molecular weight is 245 g/mol. The minimum atomic E-state index is -0.362. The lowest BCUT2D eigenvalue weighted by Gasteiger charge is -2.29. The second-order valence-electron chi connectivity index (χ2n) is 4.55. The Kier molecular flexibility index (Phi) is 1.81. The molecule has 3 aliphatic rings. The van der Waals surface area contributed by atoms with Crippen LogP contribution in [0, 0.1) is 0 Å². The van der Waals surface area contributed by atoms with Crippen molar-refractivity contribution in [3.05, 3.63) is 29.8 Å². The van der Waals surface area contributed by atoms with Crippen LogP contribution >= 0.6 is 0 Å². The molecule has 0 saturated carbocycles. The van der Waals surface area contributed by atoms with Crippen LogP contribution in [0.3, 0.4) is 0 Å². The van der Waals surface area contributed by atoms with Crippen LogP contribution in [0.15, 0.2) is 24.3 Å². The Bertz CT molecular complexity index is 581. The number of hydrogen-bond acceptors (Lipinski definition) is 5. The van der Waals surface area contributed by atoms with Crippen molar-refractivity contribution < 1.29 is 19.1 Å². The third-order valence-corrected chi connectivity index (χ3v) is 3.36. The average Bonchev–Trinajstić information content (AvgIpc) is 2.92. The van der Waals surface area contributed by atoms with Crippen molar-refractivity contribution in [3.63, 3.8) is 0 Å². The fourth-order valence-electron chi connectivity index (χ4n) is 2.49. The number of ketones is 1. The molecule has 0 N–H and O–H groups in total. The van der Waals surface area contributed by atoms with Crippen LogP contribution in [0.4, 0.5) is 5.69 Å². The van der Waals surface area contributed by atoms with Crippen molar-refractivity contribution in [2.45, 2.75) is 19.1 Å². The largest absolute Gasteiger partial charge is 0.454 e. The van der Waals surface area contributed by atoms with Crippen LogP contribution in [-0.4, -0.2) is 24.7 Å². The molecule has 0 radical (unpaired) electrons. The normalized spacial score (nSPS) is 27.4. The quantitative estimate of drug-likeness (QED) is 0.651. The molecule has 2 unspecified atom stereocenters. The Morgan fingerprint density at radius 1 is 1.22 bits per heavy atom. The molecular weight excluding hydrogens is 234 g/mol. The Labute approximate surface area is 103 Å². The van der Waals surface area contributed by atoms with Gasteiger partial charge in [-0.25, -0.2) is 5.06 Å². The molecule has 0 amide bonds. The minimum Gasteiger partial charge on any atom is -0.454 e. The van der Waals surface area contributed by atoms with E-state index in [-0.39, 0.29) is 24.7 Å². The number of hydroxylamine groups is 1. The van der Waals surface area contributed by atoms with E-state index in [1.807, 2.05) is 19.1 Å². The summed E-state index contributed by atoms with van der Waals surface area (Å²) in [5.74, 6) is 1.32. The number of rotatable bonds is 0. The number of carbonyl (C=O) groups is 1. The summed E-state index contributed by atoms with van der Waals surface area (Å²) >= 11 is 0. The zero-order valence-electron chi connectivity index (χ0n) is 9.75. The van der Waals surface area contributed by atoms with E-state index in [0.29, 0.717) is 17.1 Å². The molecule has 3 heterocycles. The predicted molar refractivity (Wildman–Crippen MR) is 62.8 cm³/mol. The molecule has 0 spiro atoms. The van der Waals surface area contributed by atoms with E-state index in [9.17, 15) is 4.79 Å². The Morgan fingerprint density at radius 3 is 2.83 bits per heavy atom. The zero-order valence-corrected chi connectivity index (χ0v) is 9.75. The second-order valence-corrected chi connectivity index (χ2v) is 4.55. The van der Waals surface area contributed by atoms with Crippen LogP contribution in [0.25, 0.3) is 0 Å². The van der Waals surface area contributed by atoms with Gasteiger partial charge in [-0.15, -0.1) is 0 Å². The summed E-state index contributed by atoms with van der Waals surface area (Å²) in [6.45, 7) is 2.13. The first-order valence-electron chi connectivity index (χ1n) is 5.86. The zero-order chi connectivity index (χ0) is 12.3. The van der Waals surface area contributed by atoms with Crippen molar-refractivity contribution >= 4 is 11.5 Å². The fourth-order valence-corrected chi connectivity index (χ4v) is 2.49. The van der Waals surface area contributed by atoms with Gasteiger partial charge in [-0.3, -0.25) is 9.63 Å². The SMILES string of the molecule is CC1C=CC2C(=O)c3cc4c(cc3N2O1)OCO4. The lowest BCUT2D eigenvalue weighted by molar-refractivity contribution is 0.0530. The monoisotopic (exact) mass is 245 g/mol. The van der Waals surface area contributed by atoms with Crippen LogP contribution in [0.1, 0.15) is 17.3 Å². The molecule has 1 aromatic rings. The number of nitrogens with zero attached hydrogens (tertiary/aromatic N) is 1. The Morgan fingerprint density at radius 2 is 2.00 bits per heavy atom. The molecule has 0 fully saturated rings. The van der Waals surface area contributed by atoms with Gasteiger partial charge >= 0.3 is 0 Å². The van der Waals surface area contributed by atoms with Gasteiger partial charge in [-0.2, -0.15) is 0 Å². The van der Waals surface area contributed by atoms with Gasteiger partial charge in [0.2, 0.25) is 6.79 Å². The first kappa shape index (κ1) is 9.96. The first-order chi connectivity index (χ1) is 8.74. The van der Waals surface area contributed by atoms with Gasteiger partial charge in [0.1, 0.15) is 12.1 Å². The van der Waals surface area contributed by atoms with Gasteiger partial charge < -0.3 is 9.47 Å².